The molecule has 0 unspecified atom stereocenters. The first-order valence-corrected chi connectivity index (χ1v) is 9.09. The summed E-state index contributed by atoms with van der Waals surface area (Å²) in [5, 5.41) is 0. The van der Waals surface area contributed by atoms with Crippen molar-refractivity contribution >= 4 is 0 Å². The van der Waals surface area contributed by atoms with Crippen LogP contribution >= 0.6 is 0 Å². The number of likely N-dealkylation sites (tertiary alicyclic amines) is 1. The third kappa shape index (κ3) is 3.35. The van der Waals surface area contributed by atoms with Crippen LogP contribution in [-0.2, 0) is 19.5 Å². The Hall–Kier alpha value is -1.78. The van der Waals surface area contributed by atoms with Crippen molar-refractivity contribution in [2.75, 3.05) is 19.6 Å². The fraction of sp³-hybridized carbons (Fsp3) is 0.500. The molecule has 2 aliphatic heterocycles. The highest BCUT2D eigenvalue weighted by Crippen LogP contribution is 2.25. The van der Waals surface area contributed by atoms with Crippen LogP contribution in [-0.4, -0.2) is 45.4 Å². The number of fused-ring (bicyclic) bond motifs is 1. The standard InChI is InChI=1S/C20H26N4/c1-16-20(22-10-9-21-16)15-23-11-7-19(8-12-23)24-13-6-17-4-2-3-5-18(17)14-24/h2-5,9-10,19H,6-8,11-15H2,1H3. The van der Waals surface area contributed by atoms with Crippen molar-refractivity contribution < 1.29 is 0 Å². The van der Waals surface area contributed by atoms with Gasteiger partial charge in [0.05, 0.1) is 11.4 Å². The van der Waals surface area contributed by atoms with Crippen LogP contribution in [0.25, 0.3) is 0 Å². The van der Waals surface area contributed by atoms with Crippen LogP contribution < -0.4 is 0 Å². The number of hydrogen-bond donors (Lipinski definition) is 0. The Labute approximate surface area is 144 Å². The van der Waals surface area contributed by atoms with E-state index in [1.54, 1.807) is 18.0 Å². The summed E-state index contributed by atoms with van der Waals surface area (Å²) in [6.45, 7) is 7.67. The molecule has 2 aliphatic rings. The van der Waals surface area contributed by atoms with Crippen LogP contribution in [0, 0.1) is 6.92 Å². The molecule has 0 amide bonds. The highest BCUT2D eigenvalue weighted by atomic mass is 15.2. The molecular formula is C20H26N4. The summed E-state index contributed by atoms with van der Waals surface area (Å²) in [5.41, 5.74) is 5.26. The smallest absolute Gasteiger partial charge is 0.0755 e. The van der Waals surface area contributed by atoms with Gasteiger partial charge in [0.1, 0.15) is 0 Å². The minimum absolute atomic E-state index is 0.734. The zero-order valence-electron chi connectivity index (χ0n) is 14.5. The van der Waals surface area contributed by atoms with E-state index in [4.69, 9.17) is 0 Å². The average molecular weight is 322 g/mol. The van der Waals surface area contributed by atoms with Crippen molar-refractivity contribution in [3.8, 4) is 0 Å². The SMILES string of the molecule is Cc1nccnc1CN1CCC(N2CCc3ccccc3C2)CC1. The van der Waals surface area contributed by atoms with Gasteiger partial charge in [-0.05, 0) is 37.3 Å². The molecule has 126 valence electrons. The normalized spacial score (nSPS) is 20.0. The Morgan fingerprint density at radius 3 is 2.54 bits per heavy atom. The summed E-state index contributed by atoms with van der Waals surface area (Å²) in [6.07, 6.45) is 7.32. The van der Waals surface area contributed by atoms with Gasteiger partial charge in [-0.15, -0.1) is 0 Å². The first-order valence-electron chi connectivity index (χ1n) is 9.09. The van der Waals surface area contributed by atoms with E-state index in [1.807, 2.05) is 0 Å². The maximum Gasteiger partial charge on any atom is 0.0755 e. The van der Waals surface area contributed by atoms with Crippen LogP contribution in [0.2, 0.25) is 0 Å². The van der Waals surface area contributed by atoms with Crippen molar-refractivity contribution in [3.63, 3.8) is 0 Å². The molecule has 3 heterocycles. The maximum atomic E-state index is 4.49. The van der Waals surface area contributed by atoms with E-state index < -0.39 is 0 Å². The summed E-state index contributed by atoms with van der Waals surface area (Å²) in [4.78, 5) is 14.1. The van der Waals surface area contributed by atoms with Crippen LogP contribution in [0.1, 0.15) is 35.4 Å². The van der Waals surface area contributed by atoms with Gasteiger partial charge < -0.3 is 0 Å². The van der Waals surface area contributed by atoms with Crippen molar-refractivity contribution in [2.24, 2.45) is 0 Å². The Morgan fingerprint density at radius 2 is 1.75 bits per heavy atom. The van der Waals surface area contributed by atoms with Gasteiger partial charge in [-0.25, -0.2) is 0 Å². The van der Waals surface area contributed by atoms with E-state index in [9.17, 15) is 0 Å². The molecule has 0 atom stereocenters. The molecule has 0 spiro atoms. The van der Waals surface area contributed by atoms with Crippen LogP contribution in [0.15, 0.2) is 36.7 Å². The fourth-order valence-corrected chi connectivity index (χ4v) is 4.08. The summed E-state index contributed by atoms with van der Waals surface area (Å²) >= 11 is 0. The molecule has 2 aromatic rings. The molecule has 0 saturated carbocycles. The average Bonchev–Trinajstić information content (AvgIpc) is 2.64. The van der Waals surface area contributed by atoms with E-state index in [2.05, 4.69) is 51.0 Å². The molecule has 1 aromatic heterocycles. The van der Waals surface area contributed by atoms with Gasteiger partial charge in [-0.2, -0.15) is 0 Å². The van der Waals surface area contributed by atoms with Gasteiger partial charge in [0.15, 0.2) is 0 Å². The number of nitrogens with zero attached hydrogens (tertiary/aromatic N) is 4. The molecule has 1 fully saturated rings. The van der Waals surface area contributed by atoms with E-state index in [0.717, 1.165) is 30.5 Å². The van der Waals surface area contributed by atoms with Gasteiger partial charge in [0, 0.05) is 51.2 Å². The number of piperidine rings is 1. The predicted molar refractivity (Wildman–Crippen MR) is 95.6 cm³/mol. The van der Waals surface area contributed by atoms with Gasteiger partial charge in [-0.3, -0.25) is 19.8 Å². The summed E-state index contributed by atoms with van der Waals surface area (Å²) in [6, 6.07) is 9.67. The second kappa shape index (κ2) is 6.99. The third-order valence-corrected chi connectivity index (χ3v) is 5.59. The monoisotopic (exact) mass is 322 g/mol. The predicted octanol–water partition coefficient (Wildman–Crippen LogP) is 2.81. The molecule has 0 N–H and O–H groups in total. The lowest BCUT2D eigenvalue weighted by molar-refractivity contribution is 0.0941. The first-order chi connectivity index (χ1) is 11.8. The minimum atomic E-state index is 0.734. The largest absolute Gasteiger partial charge is 0.297 e. The number of benzene rings is 1. The molecule has 0 bridgehead atoms. The summed E-state index contributed by atoms with van der Waals surface area (Å²) in [7, 11) is 0. The highest BCUT2D eigenvalue weighted by molar-refractivity contribution is 5.29. The van der Waals surface area contributed by atoms with Crippen LogP contribution in [0.3, 0.4) is 0 Å². The zero-order valence-corrected chi connectivity index (χ0v) is 14.5. The minimum Gasteiger partial charge on any atom is -0.297 e. The van der Waals surface area contributed by atoms with Gasteiger partial charge in [0.25, 0.3) is 0 Å². The second-order valence-corrected chi connectivity index (χ2v) is 7.08. The Kier molecular flexibility index (Phi) is 4.58. The number of aryl methyl sites for hydroxylation is 1. The molecule has 4 nitrogen and oxygen atoms in total. The number of aromatic nitrogens is 2. The van der Waals surface area contributed by atoms with Crippen molar-refractivity contribution in [1.82, 2.24) is 19.8 Å². The summed E-state index contributed by atoms with van der Waals surface area (Å²) < 4.78 is 0. The van der Waals surface area contributed by atoms with E-state index >= 15 is 0 Å². The van der Waals surface area contributed by atoms with Crippen LogP contribution in [0.5, 0.6) is 0 Å². The van der Waals surface area contributed by atoms with Crippen molar-refractivity contribution in [3.05, 3.63) is 59.2 Å². The lowest BCUT2D eigenvalue weighted by Gasteiger charge is -2.40. The Balaban J connectivity index is 1.33. The van der Waals surface area contributed by atoms with Gasteiger partial charge >= 0.3 is 0 Å². The molecule has 0 aliphatic carbocycles. The van der Waals surface area contributed by atoms with E-state index in [-0.39, 0.29) is 0 Å². The molecular weight excluding hydrogens is 296 g/mol. The maximum absolute atomic E-state index is 4.49. The third-order valence-electron chi connectivity index (χ3n) is 5.59. The quantitative estimate of drug-likeness (QED) is 0.870. The lowest BCUT2D eigenvalue weighted by Crippen LogP contribution is -2.46. The van der Waals surface area contributed by atoms with Gasteiger partial charge in [0.2, 0.25) is 0 Å². The molecule has 24 heavy (non-hydrogen) atoms. The van der Waals surface area contributed by atoms with Gasteiger partial charge in [-0.1, -0.05) is 24.3 Å². The highest BCUT2D eigenvalue weighted by Gasteiger charge is 2.27. The molecule has 1 saturated heterocycles. The lowest BCUT2D eigenvalue weighted by atomic mass is 9.95. The molecule has 4 rings (SSSR count). The van der Waals surface area contributed by atoms with E-state index in [1.165, 1.54) is 44.5 Å². The Morgan fingerprint density at radius 1 is 1.00 bits per heavy atom. The second-order valence-electron chi connectivity index (χ2n) is 7.08. The zero-order chi connectivity index (χ0) is 16.4. The fourth-order valence-electron chi connectivity index (χ4n) is 4.08. The first kappa shape index (κ1) is 15.7. The van der Waals surface area contributed by atoms with Crippen molar-refractivity contribution in [2.45, 2.75) is 45.3 Å². The number of hydrogen-bond acceptors (Lipinski definition) is 4. The molecule has 0 radical (unpaired) electrons. The van der Waals surface area contributed by atoms with Crippen molar-refractivity contribution in [1.29, 1.82) is 0 Å². The number of rotatable bonds is 3. The molecule has 4 heteroatoms. The topological polar surface area (TPSA) is 32.3 Å². The van der Waals surface area contributed by atoms with E-state index in [0.29, 0.717) is 0 Å². The van der Waals surface area contributed by atoms with Crippen LogP contribution in [0.4, 0.5) is 0 Å². The molecule has 1 aromatic carbocycles. The Bertz CT molecular complexity index is 692. The summed E-state index contributed by atoms with van der Waals surface area (Å²) in [5.74, 6) is 0.